The van der Waals surface area contributed by atoms with Gasteiger partial charge < -0.3 is 10.6 Å². The molecule has 3 N–H and O–H groups in total. The number of hydrogen-bond acceptors (Lipinski definition) is 4. The first kappa shape index (κ1) is 13.8. The Kier molecular flexibility index (Phi) is 4.35. The summed E-state index contributed by atoms with van der Waals surface area (Å²) in [6.07, 6.45) is 6.03. The number of anilines is 1. The molecule has 1 aliphatic heterocycles. The summed E-state index contributed by atoms with van der Waals surface area (Å²) in [7, 11) is 0. The molecule has 1 fully saturated rings. The van der Waals surface area contributed by atoms with E-state index < -0.39 is 0 Å². The van der Waals surface area contributed by atoms with Crippen LogP contribution in [0.2, 0.25) is 0 Å². The van der Waals surface area contributed by atoms with Crippen molar-refractivity contribution in [2.75, 3.05) is 11.4 Å². The molecule has 0 aliphatic carbocycles. The van der Waals surface area contributed by atoms with Gasteiger partial charge in [-0.25, -0.2) is 9.97 Å². The molecule has 1 saturated heterocycles. The van der Waals surface area contributed by atoms with Gasteiger partial charge in [0.2, 0.25) is 5.95 Å². The Labute approximate surface area is 114 Å². The summed E-state index contributed by atoms with van der Waals surface area (Å²) in [6.45, 7) is 5.15. The molecule has 0 saturated carbocycles. The number of nitrogens with zero attached hydrogens (tertiary/aromatic N) is 3. The smallest absolute Gasteiger partial charge is 0.226 e. The second kappa shape index (κ2) is 5.99. The Morgan fingerprint density at radius 1 is 1.47 bits per heavy atom. The van der Waals surface area contributed by atoms with Gasteiger partial charge in [-0.1, -0.05) is 13.3 Å². The summed E-state index contributed by atoms with van der Waals surface area (Å²) < 4.78 is 0. The lowest BCUT2D eigenvalue weighted by Gasteiger charge is -2.36. The fourth-order valence-electron chi connectivity index (χ4n) is 2.72. The zero-order chi connectivity index (χ0) is 13.8. The Bertz CT molecular complexity index is 455. The van der Waals surface area contributed by atoms with E-state index in [1.54, 1.807) is 6.07 Å². The van der Waals surface area contributed by atoms with Gasteiger partial charge in [-0.05, 0) is 38.7 Å². The summed E-state index contributed by atoms with van der Waals surface area (Å²) in [4.78, 5) is 11.3. The van der Waals surface area contributed by atoms with Crippen LogP contribution in [0.15, 0.2) is 6.07 Å². The molecule has 0 bridgehead atoms. The zero-order valence-electron chi connectivity index (χ0n) is 11.8. The number of aromatic nitrogens is 2. The van der Waals surface area contributed by atoms with E-state index >= 15 is 0 Å². The van der Waals surface area contributed by atoms with E-state index in [-0.39, 0.29) is 5.84 Å². The van der Waals surface area contributed by atoms with Crippen molar-refractivity contribution in [3.63, 3.8) is 0 Å². The first-order valence-corrected chi connectivity index (χ1v) is 7.08. The largest absolute Gasteiger partial charge is 0.382 e. The van der Waals surface area contributed by atoms with Crippen molar-refractivity contribution in [1.82, 2.24) is 9.97 Å². The Morgan fingerprint density at radius 2 is 2.26 bits per heavy atom. The Hall–Kier alpha value is -1.65. The van der Waals surface area contributed by atoms with Crippen molar-refractivity contribution in [1.29, 1.82) is 5.41 Å². The number of hydrogen-bond donors (Lipinski definition) is 2. The highest BCUT2D eigenvalue weighted by Crippen LogP contribution is 2.25. The maximum Gasteiger partial charge on any atom is 0.226 e. The normalized spacial score (nSPS) is 19.5. The van der Waals surface area contributed by atoms with Crippen LogP contribution in [0.3, 0.4) is 0 Å². The molecule has 1 aliphatic rings. The molecule has 0 aromatic carbocycles. The molecule has 104 valence electrons. The average Bonchev–Trinajstić information content (AvgIpc) is 2.39. The van der Waals surface area contributed by atoms with Crippen molar-refractivity contribution in [2.24, 2.45) is 5.73 Å². The fraction of sp³-hybridized carbons (Fsp3) is 0.643. The third-order valence-corrected chi connectivity index (χ3v) is 3.62. The molecular weight excluding hydrogens is 238 g/mol. The van der Waals surface area contributed by atoms with Crippen LogP contribution in [-0.2, 0) is 0 Å². The number of aryl methyl sites for hydroxylation is 1. The van der Waals surface area contributed by atoms with Gasteiger partial charge in [0, 0.05) is 18.3 Å². The lowest BCUT2D eigenvalue weighted by molar-refractivity contribution is 0.428. The average molecular weight is 261 g/mol. The number of piperidine rings is 1. The molecule has 5 heteroatoms. The molecule has 0 amide bonds. The highest BCUT2D eigenvalue weighted by molar-refractivity contribution is 5.93. The van der Waals surface area contributed by atoms with Gasteiger partial charge in [0.05, 0.1) is 0 Å². The van der Waals surface area contributed by atoms with Gasteiger partial charge in [-0.15, -0.1) is 0 Å². The summed E-state index contributed by atoms with van der Waals surface area (Å²) in [6, 6.07) is 2.30. The van der Waals surface area contributed by atoms with E-state index in [0.717, 1.165) is 18.2 Å². The molecule has 2 rings (SSSR count). The molecule has 19 heavy (non-hydrogen) atoms. The third-order valence-electron chi connectivity index (χ3n) is 3.62. The summed E-state index contributed by atoms with van der Waals surface area (Å²) in [5.74, 6) is 0.749. The van der Waals surface area contributed by atoms with Crippen molar-refractivity contribution in [3.05, 3.63) is 17.5 Å². The lowest BCUT2D eigenvalue weighted by atomic mass is 9.99. The predicted octanol–water partition coefficient (Wildman–Crippen LogP) is 2.23. The number of nitrogens with two attached hydrogens (primary N) is 1. The van der Waals surface area contributed by atoms with Crippen LogP contribution in [0.25, 0.3) is 0 Å². The minimum Gasteiger partial charge on any atom is -0.382 e. The van der Waals surface area contributed by atoms with E-state index in [0.29, 0.717) is 11.7 Å². The van der Waals surface area contributed by atoms with Gasteiger partial charge in [-0.3, -0.25) is 5.41 Å². The summed E-state index contributed by atoms with van der Waals surface area (Å²) >= 11 is 0. The van der Waals surface area contributed by atoms with Crippen LogP contribution in [0, 0.1) is 12.3 Å². The molecular formula is C14H23N5. The minimum atomic E-state index is 0.0100. The Morgan fingerprint density at radius 3 is 2.95 bits per heavy atom. The fourth-order valence-corrected chi connectivity index (χ4v) is 2.72. The van der Waals surface area contributed by atoms with Crippen molar-refractivity contribution < 1.29 is 0 Å². The minimum absolute atomic E-state index is 0.0100. The number of nitrogens with one attached hydrogen (secondary N) is 1. The van der Waals surface area contributed by atoms with Crippen LogP contribution in [-0.4, -0.2) is 28.4 Å². The Balaban J connectivity index is 2.30. The van der Waals surface area contributed by atoms with Gasteiger partial charge in [0.15, 0.2) is 0 Å². The topological polar surface area (TPSA) is 78.9 Å². The van der Waals surface area contributed by atoms with Crippen LogP contribution < -0.4 is 10.6 Å². The molecule has 1 aromatic rings. The predicted molar refractivity (Wildman–Crippen MR) is 77.7 cm³/mol. The van der Waals surface area contributed by atoms with Crippen molar-refractivity contribution >= 4 is 11.8 Å². The number of nitrogen functional groups attached to an aromatic ring is 1. The summed E-state index contributed by atoms with van der Waals surface area (Å²) in [5.41, 5.74) is 6.95. The van der Waals surface area contributed by atoms with E-state index in [4.69, 9.17) is 11.1 Å². The number of rotatable bonds is 4. The van der Waals surface area contributed by atoms with Crippen LogP contribution in [0.4, 0.5) is 5.95 Å². The van der Waals surface area contributed by atoms with Crippen LogP contribution in [0.1, 0.15) is 50.4 Å². The first-order chi connectivity index (χ1) is 9.11. The highest BCUT2D eigenvalue weighted by atomic mass is 15.3. The third kappa shape index (κ3) is 3.22. The van der Waals surface area contributed by atoms with Gasteiger partial charge in [0.1, 0.15) is 11.5 Å². The zero-order valence-corrected chi connectivity index (χ0v) is 11.8. The first-order valence-electron chi connectivity index (χ1n) is 7.08. The maximum absolute atomic E-state index is 7.54. The van der Waals surface area contributed by atoms with E-state index in [9.17, 15) is 0 Å². The van der Waals surface area contributed by atoms with Crippen molar-refractivity contribution in [3.8, 4) is 0 Å². The highest BCUT2D eigenvalue weighted by Gasteiger charge is 2.24. The molecule has 1 atom stereocenters. The second-order valence-electron chi connectivity index (χ2n) is 5.24. The number of amidine groups is 1. The van der Waals surface area contributed by atoms with E-state index in [1.807, 2.05) is 6.92 Å². The van der Waals surface area contributed by atoms with Gasteiger partial charge >= 0.3 is 0 Å². The standard InChI is InChI=1S/C14H23N5/c1-3-6-11-7-4-5-8-19(11)14-17-10(2)9-12(18-14)13(15)16/h9,11H,3-8H2,1-2H3,(H3,15,16). The van der Waals surface area contributed by atoms with Crippen molar-refractivity contribution in [2.45, 2.75) is 52.0 Å². The maximum atomic E-state index is 7.54. The molecule has 0 spiro atoms. The SMILES string of the molecule is CCCC1CCCCN1c1nc(C)cc(C(=N)N)n1. The van der Waals surface area contributed by atoms with Gasteiger partial charge in [0.25, 0.3) is 0 Å². The molecule has 1 aromatic heterocycles. The molecule has 0 radical (unpaired) electrons. The molecule has 5 nitrogen and oxygen atoms in total. The van der Waals surface area contributed by atoms with E-state index in [2.05, 4.69) is 21.8 Å². The monoisotopic (exact) mass is 261 g/mol. The second-order valence-corrected chi connectivity index (χ2v) is 5.24. The van der Waals surface area contributed by atoms with Crippen LogP contribution >= 0.6 is 0 Å². The molecule has 1 unspecified atom stereocenters. The summed E-state index contributed by atoms with van der Waals surface area (Å²) in [5, 5.41) is 7.54. The van der Waals surface area contributed by atoms with E-state index in [1.165, 1.54) is 32.1 Å². The lowest BCUT2D eigenvalue weighted by Crippen LogP contribution is -2.41. The quantitative estimate of drug-likeness (QED) is 0.643. The molecule has 2 heterocycles. The van der Waals surface area contributed by atoms with Crippen LogP contribution in [0.5, 0.6) is 0 Å². The van der Waals surface area contributed by atoms with Gasteiger partial charge in [-0.2, -0.15) is 0 Å².